The maximum atomic E-state index is 5.70. The Hall–Kier alpha value is -1.09. The minimum Gasteiger partial charge on any atom is -0.384 e. The van der Waals surface area contributed by atoms with Crippen LogP contribution in [0.4, 0.5) is 5.82 Å². The summed E-state index contributed by atoms with van der Waals surface area (Å²) in [6.45, 7) is 2.55. The van der Waals surface area contributed by atoms with Gasteiger partial charge in [0.25, 0.3) is 0 Å². The van der Waals surface area contributed by atoms with E-state index >= 15 is 0 Å². The Balaban J connectivity index is 2.50. The van der Waals surface area contributed by atoms with E-state index in [2.05, 4.69) is 4.98 Å². The molecule has 4 N–H and O–H groups in total. The Bertz CT molecular complexity index is 329. The molecule has 0 aliphatic heterocycles. The molecule has 1 aliphatic carbocycles. The van der Waals surface area contributed by atoms with Crippen LogP contribution in [0.3, 0.4) is 0 Å². The van der Waals surface area contributed by atoms with E-state index in [1.165, 1.54) is 24.0 Å². The number of anilines is 1. The normalized spacial score (nSPS) is 16.2. The van der Waals surface area contributed by atoms with Crippen molar-refractivity contribution in [3.8, 4) is 0 Å². The zero-order valence-electron chi connectivity index (χ0n) is 7.88. The molecule has 0 saturated heterocycles. The van der Waals surface area contributed by atoms with Crippen molar-refractivity contribution in [3.63, 3.8) is 0 Å². The average Bonchev–Trinajstić information content (AvgIpc) is 2.85. The van der Waals surface area contributed by atoms with E-state index in [0.717, 1.165) is 5.69 Å². The van der Waals surface area contributed by atoms with Crippen LogP contribution in [0, 0.1) is 6.92 Å². The molecule has 70 valence electrons. The molecule has 0 amide bonds. The molecule has 1 aliphatic rings. The molecule has 0 spiro atoms. The van der Waals surface area contributed by atoms with Crippen molar-refractivity contribution < 1.29 is 0 Å². The lowest BCUT2D eigenvalue weighted by Gasteiger charge is -2.10. The van der Waals surface area contributed by atoms with Gasteiger partial charge in [-0.2, -0.15) is 0 Å². The van der Waals surface area contributed by atoms with Crippen molar-refractivity contribution >= 4 is 5.82 Å². The van der Waals surface area contributed by atoms with Crippen LogP contribution in [-0.2, 0) is 6.54 Å². The van der Waals surface area contributed by atoms with Crippen LogP contribution in [0.5, 0.6) is 0 Å². The third-order valence-electron chi connectivity index (χ3n) is 2.61. The minimum absolute atomic E-state index is 0.574. The second-order valence-electron chi connectivity index (χ2n) is 3.68. The fourth-order valence-electron chi connectivity index (χ4n) is 1.77. The number of aromatic nitrogens is 1. The smallest absolute Gasteiger partial charge is 0.123 e. The quantitative estimate of drug-likeness (QED) is 0.715. The van der Waals surface area contributed by atoms with Crippen molar-refractivity contribution in [1.82, 2.24) is 4.98 Å². The molecular formula is C10H15N3. The van der Waals surface area contributed by atoms with E-state index in [9.17, 15) is 0 Å². The van der Waals surface area contributed by atoms with Gasteiger partial charge in [-0.3, -0.25) is 0 Å². The molecule has 0 aromatic carbocycles. The highest BCUT2D eigenvalue weighted by Gasteiger charge is 2.26. The van der Waals surface area contributed by atoms with Gasteiger partial charge in [-0.1, -0.05) is 0 Å². The Morgan fingerprint density at radius 2 is 2.23 bits per heavy atom. The summed E-state index contributed by atoms with van der Waals surface area (Å²) in [6, 6.07) is 1.98. The van der Waals surface area contributed by atoms with Gasteiger partial charge in [0.15, 0.2) is 0 Å². The van der Waals surface area contributed by atoms with Gasteiger partial charge in [-0.05, 0) is 42.9 Å². The van der Waals surface area contributed by atoms with Crippen LogP contribution in [-0.4, -0.2) is 4.98 Å². The lowest BCUT2D eigenvalue weighted by Crippen LogP contribution is -2.07. The molecule has 0 unspecified atom stereocenters. The Labute approximate surface area is 78.1 Å². The molecule has 2 rings (SSSR count). The number of nitrogen functional groups attached to an aromatic ring is 1. The maximum absolute atomic E-state index is 5.70. The monoisotopic (exact) mass is 177 g/mol. The standard InChI is InChI=1S/C10H15N3/c1-6-9(5-11)8(7-2-3-7)4-10(12)13-6/h4,7H,2-3,5,11H2,1H3,(H2,12,13). The zero-order chi connectivity index (χ0) is 9.42. The topological polar surface area (TPSA) is 64.9 Å². The van der Waals surface area contributed by atoms with Gasteiger partial charge in [0.1, 0.15) is 5.82 Å². The third kappa shape index (κ3) is 1.52. The number of nitrogens with two attached hydrogens (primary N) is 2. The molecule has 3 heteroatoms. The summed E-state index contributed by atoms with van der Waals surface area (Å²) < 4.78 is 0. The molecule has 1 aromatic rings. The predicted molar refractivity (Wildman–Crippen MR) is 53.3 cm³/mol. The number of rotatable bonds is 2. The summed E-state index contributed by atoms with van der Waals surface area (Å²) >= 11 is 0. The molecule has 1 aromatic heterocycles. The fraction of sp³-hybridized carbons (Fsp3) is 0.500. The first-order chi connectivity index (χ1) is 6.22. The summed E-state index contributed by atoms with van der Waals surface area (Å²) in [6.07, 6.45) is 2.55. The molecule has 0 atom stereocenters. The molecule has 1 fully saturated rings. The Morgan fingerprint density at radius 1 is 1.54 bits per heavy atom. The van der Waals surface area contributed by atoms with E-state index < -0.39 is 0 Å². The summed E-state index contributed by atoms with van der Waals surface area (Å²) in [7, 11) is 0. The Morgan fingerprint density at radius 3 is 2.77 bits per heavy atom. The van der Waals surface area contributed by atoms with Crippen LogP contribution in [0.15, 0.2) is 6.07 Å². The van der Waals surface area contributed by atoms with Gasteiger partial charge < -0.3 is 11.5 Å². The SMILES string of the molecule is Cc1nc(N)cc(C2CC2)c1CN. The number of hydrogen-bond acceptors (Lipinski definition) is 3. The highest BCUT2D eigenvalue weighted by molar-refractivity contribution is 5.44. The zero-order valence-corrected chi connectivity index (χ0v) is 7.88. The third-order valence-corrected chi connectivity index (χ3v) is 2.61. The van der Waals surface area contributed by atoms with Crippen LogP contribution in [0.25, 0.3) is 0 Å². The molecular weight excluding hydrogens is 162 g/mol. The number of pyridine rings is 1. The number of aryl methyl sites for hydroxylation is 1. The molecule has 0 radical (unpaired) electrons. The number of hydrogen-bond donors (Lipinski definition) is 2. The minimum atomic E-state index is 0.574. The second kappa shape index (κ2) is 3.00. The Kier molecular flexibility index (Phi) is 1.96. The van der Waals surface area contributed by atoms with E-state index in [-0.39, 0.29) is 0 Å². The van der Waals surface area contributed by atoms with Gasteiger partial charge >= 0.3 is 0 Å². The van der Waals surface area contributed by atoms with Gasteiger partial charge in [-0.25, -0.2) is 4.98 Å². The second-order valence-corrected chi connectivity index (χ2v) is 3.68. The van der Waals surface area contributed by atoms with Crippen LogP contribution in [0.2, 0.25) is 0 Å². The first-order valence-corrected chi connectivity index (χ1v) is 4.68. The molecule has 1 heterocycles. The largest absolute Gasteiger partial charge is 0.384 e. The van der Waals surface area contributed by atoms with Gasteiger partial charge in [-0.15, -0.1) is 0 Å². The lowest BCUT2D eigenvalue weighted by molar-refractivity contribution is 0.950. The van der Waals surface area contributed by atoms with Crippen LogP contribution in [0.1, 0.15) is 35.6 Å². The van der Waals surface area contributed by atoms with E-state index in [1.54, 1.807) is 0 Å². The highest BCUT2D eigenvalue weighted by atomic mass is 14.8. The first kappa shape index (κ1) is 8.51. The predicted octanol–water partition coefficient (Wildman–Crippen LogP) is 1.31. The molecule has 1 saturated carbocycles. The van der Waals surface area contributed by atoms with E-state index in [1.807, 2.05) is 13.0 Å². The van der Waals surface area contributed by atoms with Crippen molar-refractivity contribution in [1.29, 1.82) is 0 Å². The summed E-state index contributed by atoms with van der Waals surface area (Å²) in [4.78, 5) is 4.21. The fourth-order valence-corrected chi connectivity index (χ4v) is 1.77. The van der Waals surface area contributed by atoms with Crippen LogP contribution >= 0.6 is 0 Å². The van der Waals surface area contributed by atoms with Crippen molar-refractivity contribution in [2.75, 3.05) is 5.73 Å². The molecule has 0 bridgehead atoms. The summed E-state index contributed by atoms with van der Waals surface area (Å²) in [5.41, 5.74) is 14.9. The summed E-state index contributed by atoms with van der Waals surface area (Å²) in [5.74, 6) is 1.32. The van der Waals surface area contributed by atoms with Gasteiger partial charge in [0.2, 0.25) is 0 Å². The average molecular weight is 177 g/mol. The summed E-state index contributed by atoms with van der Waals surface area (Å²) in [5, 5.41) is 0. The lowest BCUT2D eigenvalue weighted by atomic mass is 10.0. The molecule has 3 nitrogen and oxygen atoms in total. The van der Waals surface area contributed by atoms with Gasteiger partial charge in [0, 0.05) is 12.2 Å². The van der Waals surface area contributed by atoms with Crippen LogP contribution < -0.4 is 11.5 Å². The van der Waals surface area contributed by atoms with Crippen molar-refractivity contribution in [3.05, 3.63) is 22.9 Å². The highest BCUT2D eigenvalue weighted by Crippen LogP contribution is 2.42. The van der Waals surface area contributed by atoms with Crippen molar-refractivity contribution in [2.45, 2.75) is 32.2 Å². The van der Waals surface area contributed by atoms with Crippen molar-refractivity contribution in [2.24, 2.45) is 5.73 Å². The van der Waals surface area contributed by atoms with E-state index in [4.69, 9.17) is 11.5 Å². The first-order valence-electron chi connectivity index (χ1n) is 4.68. The van der Waals surface area contributed by atoms with E-state index in [0.29, 0.717) is 18.3 Å². The number of nitrogens with zero attached hydrogens (tertiary/aromatic N) is 1. The molecule has 13 heavy (non-hydrogen) atoms. The van der Waals surface area contributed by atoms with Gasteiger partial charge in [0.05, 0.1) is 0 Å². The maximum Gasteiger partial charge on any atom is 0.123 e.